The van der Waals surface area contributed by atoms with Crippen LogP contribution in [0.5, 0.6) is 0 Å². The topological polar surface area (TPSA) is 116 Å². The van der Waals surface area contributed by atoms with Gasteiger partial charge in [-0.3, -0.25) is 19.2 Å². The van der Waals surface area contributed by atoms with Gasteiger partial charge in [-0.2, -0.15) is 0 Å². The first-order valence-corrected chi connectivity index (χ1v) is 10.2. The summed E-state index contributed by atoms with van der Waals surface area (Å²) in [5.74, 6) is 0.169. The summed E-state index contributed by atoms with van der Waals surface area (Å²) in [5, 5.41) is 12.9. The zero-order chi connectivity index (χ0) is 21.1. The number of carbonyl (C=O) groups is 4. The number of nitrogens with one attached hydrogen (secondary N) is 4. The molecular formula is C20H36N4O4. The fourth-order valence-corrected chi connectivity index (χ4v) is 3.40. The van der Waals surface area contributed by atoms with E-state index in [-0.39, 0.29) is 47.3 Å². The maximum Gasteiger partial charge on any atom is 0.146 e. The Kier molecular flexibility index (Phi) is 11.3. The average molecular weight is 397 g/mol. The highest BCUT2D eigenvalue weighted by atomic mass is 16.1. The Bertz CT molecular complexity index is 440. The van der Waals surface area contributed by atoms with Crippen molar-refractivity contribution in [2.24, 2.45) is 0 Å². The van der Waals surface area contributed by atoms with Crippen molar-refractivity contribution in [3.05, 3.63) is 0 Å². The Hall–Kier alpha value is -1.48. The molecule has 0 aromatic rings. The van der Waals surface area contributed by atoms with Crippen molar-refractivity contribution in [1.82, 2.24) is 21.3 Å². The predicted molar refractivity (Wildman–Crippen MR) is 108 cm³/mol. The van der Waals surface area contributed by atoms with Crippen LogP contribution in [0.1, 0.15) is 53.4 Å². The molecule has 1 aliphatic heterocycles. The molecule has 0 aromatic carbocycles. The molecule has 0 radical (unpaired) electrons. The van der Waals surface area contributed by atoms with Crippen LogP contribution in [0.3, 0.4) is 0 Å². The molecular weight excluding hydrogens is 360 g/mol. The lowest BCUT2D eigenvalue weighted by Gasteiger charge is -2.24. The molecule has 4 atom stereocenters. The number of Topliss-reactive ketones (excluding diaryl/α,β-unsaturated/α-hetero) is 4. The van der Waals surface area contributed by atoms with Gasteiger partial charge >= 0.3 is 0 Å². The van der Waals surface area contributed by atoms with E-state index >= 15 is 0 Å². The van der Waals surface area contributed by atoms with Gasteiger partial charge in [0.1, 0.15) is 23.1 Å². The van der Waals surface area contributed by atoms with Crippen molar-refractivity contribution in [3.63, 3.8) is 0 Å². The Morgan fingerprint density at radius 3 is 0.786 bits per heavy atom. The SMILES string of the molecule is CC(=O)C1CCNC(C(C)=O)CCNC(C(C)=O)CCNC(C(C)=O)CCN1. The molecule has 0 bridgehead atoms. The minimum absolute atomic E-state index is 0.0422. The molecule has 160 valence electrons. The van der Waals surface area contributed by atoms with Crippen LogP contribution in [0.25, 0.3) is 0 Å². The summed E-state index contributed by atoms with van der Waals surface area (Å²) in [6.07, 6.45) is 2.28. The van der Waals surface area contributed by atoms with Crippen LogP contribution in [0.4, 0.5) is 0 Å². The molecule has 1 heterocycles. The Morgan fingerprint density at radius 2 is 0.643 bits per heavy atom. The van der Waals surface area contributed by atoms with E-state index in [1.165, 1.54) is 0 Å². The molecule has 1 fully saturated rings. The lowest BCUT2D eigenvalue weighted by molar-refractivity contribution is -0.119. The van der Waals surface area contributed by atoms with Crippen LogP contribution in [-0.4, -0.2) is 73.5 Å². The third kappa shape index (κ3) is 9.14. The number of rotatable bonds is 4. The highest BCUT2D eigenvalue weighted by Crippen LogP contribution is 2.02. The molecule has 0 saturated carbocycles. The van der Waals surface area contributed by atoms with Crippen LogP contribution < -0.4 is 21.3 Å². The van der Waals surface area contributed by atoms with Gasteiger partial charge < -0.3 is 21.3 Å². The van der Waals surface area contributed by atoms with Gasteiger partial charge in [-0.15, -0.1) is 0 Å². The van der Waals surface area contributed by atoms with Crippen LogP contribution in [0.15, 0.2) is 0 Å². The van der Waals surface area contributed by atoms with Gasteiger partial charge in [-0.25, -0.2) is 0 Å². The molecule has 0 aliphatic carbocycles. The molecule has 8 nitrogen and oxygen atoms in total. The second kappa shape index (κ2) is 12.9. The van der Waals surface area contributed by atoms with Crippen molar-refractivity contribution in [2.45, 2.75) is 77.5 Å². The molecule has 0 amide bonds. The van der Waals surface area contributed by atoms with E-state index in [0.29, 0.717) is 51.9 Å². The molecule has 1 aliphatic rings. The Labute approximate surface area is 168 Å². The molecule has 1 saturated heterocycles. The normalized spacial score (nSPS) is 29.0. The summed E-state index contributed by atoms with van der Waals surface area (Å²) in [6.45, 7) is 8.32. The largest absolute Gasteiger partial charge is 0.307 e. The summed E-state index contributed by atoms with van der Waals surface area (Å²) >= 11 is 0. The Balaban J connectivity index is 2.82. The van der Waals surface area contributed by atoms with Crippen molar-refractivity contribution < 1.29 is 19.2 Å². The van der Waals surface area contributed by atoms with Gasteiger partial charge in [0.25, 0.3) is 0 Å². The van der Waals surface area contributed by atoms with Crippen molar-refractivity contribution in [1.29, 1.82) is 0 Å². The van der Waals surface area contributed by atoms with Gasteiger partial charge in [-0.05, 0) is 79.6 Å². The minimum Gasteiger partial charge on any atom is -0.307 e. The van der Waals surface area contributed by atoms with Crippen LogP contribution >= 0.6 is 0 Å². The lowest BCUT2D eigenvalue weighted by atomic mass is 10.0. The summed E-state index contributed by atoms with van der Waals surface area (Å²) in [4.78, 5) is 47.6. The zero-order valence-corrected chi connectivity index (χ0v) is 17.6. The fourth-order valence-electron chi connectivity index (χ4n) is 3.40. The molecule has 1 rings (SSSR count). The fraction of sp³-hybridized carbons (Fsp3) is 0.800. The monoisotopic (exact) mass is 396 g/mol. The second-order valence-corrected chi connectivity index (χ2v) is 7.62. The number of hydrogen-bond acceptors (Lipinski definition) is 8. The van der Waals surface area contributed by atoms with E-state index in [2.05, 4.69) is 21.3 Å². The van der Waals surface area contributed by atoms with Gasteiger partial charge in [0.15, 0.2) is 0 Å². The average Bonchev–Trinajstić information content (AvgIpc) is 2.60. The molecule has 8 heteroatoms. The molecule has 28 heavy (non-hydrogen) atoms. The number of carbonyl (C=O) groups excluding carboxylic acids is 4. The van der Waals surface area contributed by atoms with Crippen molar-refractivity contribution >= 4 is 23.1 Å². The van der Waals surface area contributed by atoms with Crippen LogP contribution in [0.2, 0.25) is 0 Å². The molecule has 4 unspecified atom stereocenters. The summed E-state index contributed by atoms with van der Waals surface area (Å²) < 4.78 is 0. The maximum atomic E-state index is 11.9. The van der Waals surface area contributed by atoms with E-state index in [9.17, 15) is 19.2 Å². The maximum absolute atomic E-state index is 11.9. The van der Waals surface area contributed by atoms with E-state index < -0.39 is 0 Å². The predicted octanol–water partition coefficient (Wildman–Crippen LogP) is -0.251. The molecule has 4 N–H and O–H groups in total. The van der Waals surface area contributed by atoms with Crippen LogP contribution in [0, 0.1) is 0 Å². The number of ketones is 4. The van der Waals surface area contributed by atoms with E-state index in [1.54, 1.807) is 27.7 Å². The second-order valence-electron chi connectivity index (χ2n) is 7.62. The highest BCUT2D eigenvalue weighted by molar-refractivity contribution is 5.83. The standard InChI is InChI=1S/C20H36N4O4/c1-13(25)17-5-9-22-19(15(3)27)7-11-24-20(16(4)28)8-12-23-18(14(2)26)6-10-21-17/h17-24H,5-12H2,1-4H3. The summed E-state index contributed by atoms with van der Waals surface area (Å²) in [5.41, 5.74) is 0. The lowest BCUT2D eigenvalue weighted by Crippen LogP contribution is -2.47. The quantitative estimate of drug-likeness (QED) is 0.514. The zero-order valence-electron chi connectivity index (χ0n) is 17.6. The first-order chi connectivity index (χ1) is 13.2. The highest BCUT2D eigenvalue weighted by Gasteiger charge is 2.21. The van der Waals surface area contributed by atoms with Gasteiger partial charge in [-0.1, -0.05) is 0 Å². The smallest absolute Gasteiger partial charge is 0.146 e. The first kappa shape index (κ1) is 24.6. The van der Waals surface area contributed by atoms with E-state index in [4.69, 9.17) is 0 Å². The van der Waals surface area contributed by atoms with E-state index in [0.717, 1.165) is 0 Å². The van der Waals surface area contributed by atoms with Gasteiger partial charge in [0.2, 0.25) is 0 Å². The number of hydrogen-bond donors (Lipinski definition) is 4. The molecule has 0 spiro atoms. The molecule has 0 aromatic heterocycles. The van der Waals surface area contributed by atoms with Crippen molar-refractivity contribution in [3.8, 4) is 0 Å². The third-order valence-electron chi connectivity index (χ3n) is 5.26. The van der Waals surface area contributed by atoms with Crippen LogP contribution in [-0.2, 0) is 19.2 Å². The summed E-state index contributed by atoms with van der Waals surface area (Å²) in [6, 6.07) is -1.22. The van der Waals surface area contributed by atoms with Gasteiger partial charge in [0.05, 0.1) is 24.2 Å². The first-order valence-electron chi connectivity index (χ1n) is 10.2. The summed E-state index contributed by atoms with van der Waals surface area (Å²) in [7, 11) is 0. The van der Waals surface area contributed by atoms with Crippen molar-refractivity contribution in [2.75, 3.05) is 26.2 Å². The van der Waals surface area contributed by atoms with Gasteiger partial charge in [0, 0.05) is 0 Å². The third-order valence-corrected chi connectivity index (χ3v) is 5.26. The van der Waals surface area contributed by atoms with E-state index in [1.807, 2.05) is 0 Å². The minimum atomic E-state index is -0.305. The Morgan fingerprint density at radius 1 is 0.464 bits per heavy atom.